The number of aromatic nitrogens is 4. The van der Waals surface area contributed by atoms with E-state index in [0.717, 1.165) is 33.5 Å². The van der Waals surface area contributed by atoms with Crippen LogP contribution in [0.3, 0.4) is 0 Å². The minimum atomic E-state index is -0.107. The summed E-state index contributed by atoms with van der Waals surface area (Å²) < 4.78 is 4.35. The van der Waals surface area contributed by atoms with E-state index in [9.17, 15) is 9.59 Å². The Hall–Kier alpha value is -3.26. The van der Waals surface area contributed by atoms with E-state index in [4.69, 9.17) is 0 Å². The number of carbonyl (C=O) groups is 1. The molecule has 0 bridgehead atoms. The van der Waals surface area contributed by atoms with Gasteiger partial charge in [-0.15, -0.1) is 11.3 Å². The van der Waals surface area contributed by atoms with E-state index in [1.54, 1.807) is 28.3 Å². The van der Waals surface area contributed by atoms with Crippen LogP contribution in [0.15, 0.2) is 59.0 Å². The summed E-state index contributed by atoms with van der Waals surface area (Å²) in [5.74, 6) is 0.729. The zero-order valence-corrected chi connectivity index (χ0v) is 17.1. The van der Waals surface area contributed by atoms with Crippen molar-refractivity contribution in [2.24, 2.45) is 0 Å². The van der Waals surface area contributed by atoms with Gasteiger partial charge in [0.25, 0.3) is 5.91 Å². The molecule has 1 unspecified atom stereocenters. The van der Waals surface area contributed by atoms with Crippen LogP contribution < -0.4 is 11.0 Å². The van der Waals surface area contributed by atoms with Crippen LogP contribution in [0.25, 0.3) is 10.1 Å². The number of carbonyl (C=O) groups excluding carboxylic acids is 1. The molecule has 1 atom stereocenters. The molecule has 0 fully saturated rings. The van der Waals surface area contributed by atoms with Gasteiger partial charge in [0.1, 0.15) is 5.82 Å². The summed E-state index contributed by atoms with van der Waals surface area (Å²) in [4.78, 5) is 29.7. The van der Waals surface area contributed by atoms with E-state index in [1.165, 1.54) is 4.68 Å². The van der Waals surface area contributed by atoms with Crippen LogP contribution in [0.1, 0.15) is 34.6 Å². The lowest BCUT2D eigenvalue weighted by atomic mass is 10.1. The number of hydrogen-bond acceptors (Lipinski definition) is 5. The van der Waals surface area contributed by atoms with Gasteiger partial charge in [0.05, 0.1) is 12.1 Å². The maximum atomic E-state index is 12.8. The van der Waals surface area contributed by atoms with E-state index in [1.807, 2.05) is 41.8 Å². The number of fused-ring (bicyclic) bond motifs is 2. The highest BCUT2D eigenvalue weighted by molar-refractivity contribution is 7.17. The molecular weight excluding hydrogens is 398 g/mol. The van der Waals surface area contributed by atoms with Crippen molar-refractivity contribution in [3.05, 3.63) is 81.6 Å². The van der Waals surface area contributed by atoms with Crippen molar-refractivity contribution >= 4 is 27.3 Å². The van der Waals surface area contributed by atoms with Gasteiger partial charge in [0.15, 0.2) is 0 Å². The molecular formula is C22H21N5O2S. The Kier molecular flexibility index (Phi) is 4.92. The van der Waals surface area contributed by atoms with Gasteiger partial charge in [-0.3, -0.25) is 14.3 Å². The summed E-state index contributed by atoms with van der Waals surface area (Å²) in [6.07, 6.45) is 5.58. The molecule has 1 N–H and O–H groups in total. The summed E-state index contributed by atoms with van der Waals surface area (Å²) in [5.41, 5.74) is 1.56. The van der Waals surface area contributed by atoms with Gasteiger partial charge >= 0.3 is 5.69 Å². The van der Waals surface area contributed by atoms with Crippen LogP contribution in [0.2, 0.25) is 0 Å². The SMILES string of the molecule is O=C(NC1CCc2nn(Cc3cccnc3)c(=O)n2CC1)c1csc2ccccc12. The molecule has 4 aromatic rings. The Bertz CT molecular complexity index is 1260. The zero-order valence-electron chi connectivity index (χ0n) is 16.3. The monoisotopic (exact) mass is 419 g/mol. The van der Waals surface area contributed by atoms with Gasteiger partial charge in [0, 0.05) is 46.9 Å². The second-order valence-corrected chi connectivity index (χ2v) is 8.42. The molecule has 1 aromatic carbocycles. The first-order valence-electron chi connectivity index (χ1n) is 10.0. The molecule has 0 spiro atoms. The quantitative estimate of drug-likeness (QED) is 0.552. The average molecular weight is 420 g/mol. The highest BCUT2D eigenvalue weighted by atomic mass is 32.1. The Morgan fingerprint density at radius 1 is 1.20 bits per heavy atom. The van der Waals surface area contributed by atoms with Crippen molar-refractivity contribution in [1.82, 2.24) is 24.6 Å². The number of benzene rings is 1. The third kappa shape index (κ3) is 3.54. The lowest BCUT2D eigenvalue weighted by Gasteiger charge is -2.15. The lowest BCUT2D eigenvalue weighted by molar-refractivity contribution is 0.0935. The summed E-state index contributed by atoms with van der Waals surface area (Å²) in [7, 11) is 0. The average Bonchev–Trinajstić information content (AvgIpc) is 3.26. The summed E-state index contributed by atoms with van der Waals surface area (Å²) in [6, 6.07) is 11.7. The minimum absolute atomic E-state index is 0.0176. The fourth-order valence-electron chi connectivity index (χ4n) is 3.96. The zero-order chi connectivity index (χ0) is 20.5. The van der Waals surface area contributed by atoms with Crippen LogP contribution in [0.4, 0.5) is 0 Å². The molecule has 1 aliphatic rings. The fourth-order valence-corrected chi connectivity index (χ4v) is 4.90. The third-order valence-corrected chi connectivity index (χ3v) is 6.50. The molecule has 0 saturated carbocycles. The lowest BCUT2D eigenvalue weighted by Crippen LogP contribution is -2.35. The Morgan fingerprint density at radius 2 is 2.10 bits per heavy atom. The number of hydrogen-bond donors (Lipinski definition) is 1. The van der Waals surface area contributed by atoms with Crippen molar-refractivity contribution in [3.8, 4) is 0 Å². The summed E-state index contributed by atoms with van der Waals surface area (Å²) in [5, 5.41) is 10.6. The van der Waals surface area contributed by atoms with Gasteiger partial charge in [-0.25, -0.2) is 9.48 Å². The largest absolute Gasteiger partial charge is 0.349 e. The van der Waals surface area contributed by atoms with E-state index < -0.39 is 0 Å². The molecule has 0 saturated heterocycles. The second kappa shape index (κ2) is 7.87. The van der Waals surface area contributed by atoms with Crippen molar-refractivity contribution in [3.63, 3.8) is 0 Å². The minimum Gasteiger partial charge on any atom is -0.349 e. The molecule has 5 rings (SSSR count). The highest BCUT2D eigenvalue weighted by Gasteiger charge is 2.23. The Morgan fingerprint density at radius 3 is 2.97 bits per heavy atom. The van der Waals surface area contributed by atoms with E-state index in [-0.39, 0.29) is 17.6 Å². The standard InChI is InChI=1S/C22H21N5O2S/c28-21(18-14-30-19-6-2-1-5-17(18)19)24-16-7-8-20-25-27(22(29)26(20)11-9-16)13-15-4-3-10-23-12-15/h1-6,10,12,14,16H,7-9,11,13H2,(H,24,28). The van der Waals surface area contributed by atoms with E-state index in [2.05, 4.69) is 15.4 Å². The predicted molar refractivity (Wildman–Crippen MR) is 116 cm³/mol. The summed E-state index contributed by atoms with van der Waals surface area (Å²) >= 11 is 1.58. The van der Waals surface area contributed by atoms with Crippen molar-refractivity contribution < 1.29 is 4.79 Å². The molecule has 3 aromatic heterocycles. The van der Waals surface area contributed by atoms with E-state index in [0.29, 0.717) is 25.9 Å². The van der Waals surface area contributed by atoms with Crippen LogP contribution in [-0.4, -0.2) is 31.3 Å². The predicted octanol–water partition coefficient (Wildman–Crippen LogP) is 2.84. The number of thiophene rings is 1. The number of nitrogens with zero attached hydrogens (tertiary/aromatic N) is 4. The molecule has 8 heteroatoms. The number of pyridine rings is 1. The maximum Gasteiger partial charge on any atom is 0.346 e. The molecule has 30 heavy (non-hydrogen) atoms. The molecule has 7 nitrogen and oxygen atoms in total. The maximum absolute atomic E-state index is 12.8. The first-order valence-corrected chi connectivity index (χ1v) is 10.9. The Labute approximate surface area is 177 Å². The number of nitrogens with one attached hydrogen (secondary N) is 1. The second-order valence-electron chi connectivity index (χ2n) is 7.51. The molecule has 1 amide bonds. The van der Waals surface area contributed by atoms with Crippen LogP contribution >= 0.6 is 11.3 Å². The topological polar surface area (TPSA) is 81.8 Å². The first kappa shape index (κ1) is 18.7. The molecule has 0 radical (unpaired) electrons. The number of rotatable bonds is 4. The molecule has 0 aliphatic carbocycles. The van der Waals surface area contributed by atoms with Gasteiger partial charge in [-0.2, -0.15) is 5.10 Å². The molecule has 1 aliphatic heterocycles. The van der Waals surface area contributed by atoms with E-state index >= 15 is 0 Å². The van der Waals surface area contributed by atoms with Gasteiger partial charge in [-0.1, -0.05) is 24.3 Å². The number of aryl methyl sites for hydroxylation is 1. The number of amides is 1. The van der Waals surface area contributed by atoms with Crippen molar-refractivity contribution in [2.45, 2.75) is 38.4 Å². The van der Waals surface area contributed by atoms with Gasteiger partial charge in [0.2, 0.25) is 0 Å². The van der Waals surface area contributed by atoms with Crippen LogP contribution in [-0.2, 0) is 19.5 Å². The highest BCUT2D eigenvalue weighted by Crippen LogP contribution is 2.26. The normalized spacial score (nSPS) is 16.2. The molecule has 4 heterocycles. The van der Waals surface area contributed by atoms with Crippen LogP contribution in [0, 0.1) is 0 Å². The van der Waals surface area contributed by atoms with Gasteiger partial charge < -0.3 is 5.32 Å². The summed E-state index contributed by atoms with van der Waals surface area (Å²) in [6.45, 7) is 0.967. The third-order valence-electron chi connectivity index (χ3n) is 5.53. The van der Waals surface area contributed by atoms with Crippen LogP contribution in [0.5, 0.6) is 0 Å². The first-order chi connectivity index (χ1) is 14.7. The smallest absolute Gasteiger partial charge is 0.346 e. The van der Waals surface area contributed by atoms with Gasteiger partial charge in [-0.05, 0) is 30.5 Å². The Balaban J connectivity index is 1.28. The fraction of sp³-hybridized carbons (Fsp3) is 0.273. The van der Waals surface area contributed by atoms with Crippen molar-refractivity contribution in [1.29, 1.82) is 0 Å². The van der Waals surface area contributed by atoms with Crippen molar-refractivity contribution in [2.75, 3.05) is 0 Å². The molecule has 152 valence electrons.